The van der Waals surface area contributed by atoms with Crippen LogP contribution in [0.2, 0.25) is 0 Å². The Morgan fingerprint density at radius 3 is 2.67 bits per heavy atom. The first-order chi connectivity index (χ1) is 7.22. The second-order valence-corrected chi connectivity index (χ2v) is 3.41. The Labute approximate surface area is 87.8 Å². The first kappa shape index (κ1) is 9.65. The number of carbonyl (C=O) groups is 1. The number of aldehydes is 1. The van der Waals surface area contributed by atoms with Crippen LogP contribution in [-0.2, 0) is 0 Å². The van der Waals surface area contributed by atoms with Gasteiger partial charge in [-0.05, 0) is 37.6 Å². The third kappa shape index (κ3) is 1.68. The van der Waals surface area contributed by atoms with Crippen LogP contribution in [0.15, 0.2) is 28.8 Å². The van der Waals surface area contributed by atoms with Crippen molar-refractivity contribution >= 4 is 6.29 Å². The van der Waals surface area contributed by atoms with Crippen molar-refractivity contribution in [3.05, 3.63) is 41.4 Å². The molecule has 0 fully saturated rings. The summed E-state index contributed by atoms with van der Waals surface area (Å²) in [5.41, 5.74) is 2.96. The van der Waals surface area contributed by atoms with E-state index in [9.17, 15) is 4.79 Å². The zero-order valence-electron chi connectivity index (χ0n) is 8.65. The molecule has 3 heteroatoms. The van der Waals surface area contributed by atoms with Gasteiger partial charge in [0.1, 0.15) is 5.76 Å². The van der Waals surface area contributed by atoms with E-state index in [-0.39, 0.29) is 0 Å². The average Bonchev–Trinajstić information content (AvgIpc) is 2.66. The third-order valence-corrected chi connectivity index (χ3v) is 2.34. The van der Waals surface area contributed by atoms with Crippen LogP contribution in [0, 0.1) is 13.8 Å². The fourth-order valence-electron chi connectivity index (χ4n) is 1.62. The molecule has 0 saturated carbocycles. The van der Waals surface area contributed by atoms with Crippen molar-refractivity contribution in [2.24, 2.45) is 0 Å². The van der Waals surface area contributed by atoms with Crippen molar-refractivity contribution in [1.29, 1.82) is 0 Å². The fourth-order valence-corrected chi connectivity index (χ4v) is 1.62. The van der Waals surface area contributed by atoms with Gasteiger partial charge in [-0.15, -0.1) is 0 Å². The van der Waals surface area contributed by atoms with E-state index in [2.05, 4.69) is 4.98 Å². The molecule has 0 radical (unpaired) electrons. The van der Waals surface area contributed by atoms with Gasteiger partial charge in [-0.3, -0.25) is 9.78 Å². The molecule has 2 heterocycles. The Kier molecular flexibility index (Phi) is 2.37. The summed E-state index contributed by atoms with van der Waals surface area (Å²) in [5, 5.41) is 0. The fraction of sp³-hybridized carbons (Fsp3) is 0.167. The summed E-state index contributed by atoms with van der Waals surface area (Å²) in [7, 11) is 0. The van der Waals surface area contributed by atoms with Crippen molar-refractivity contribution in [3.63, 3.8) is 0 Å². The first-order valence-corrected chi connectivity index (χ1v) is 4.70. The number of hydrogen-bond donors (Lipinski definition) is 0. The lowest BCUT2D eigenvalue weighted by Gasteiger charge is -2.04. The largest absolute Gasteiger partial charge is 0.453 e. The lowest BCUT2D eigenvalue weighted by atomic mass is 10.1. The molecule has 0 aliphatic carbocycles. The number of aryl methyl sites for hydroxylation is 2. The van der Waals surface area contributed by atoms with Gasteiger partial charge in [0.25, 0.3) is 0 Å². The number of aromatic nitrogens is 1. The lowest BCUT2D eigenvalue weighted by Crippen LogP contribution is -1.89. The maximum atomic E-state index is 10.5. The summed E-state index contributed by atoms with van der Waals surface area (Å²) < 4.78 is 5.37. The molecule has 0 atom stereocenters. The smallest absolute Gasteiger partial charge is 0.185 e. The van der Waals surface area contributed by atoms with Gasteiger partial charge in [0.15, 0.2) is 12.0 Å². The van der Waals surface area contributed by atoms with Crippen LogP contribution < -0.4 is 0 Å². The predicted octanol–water partition coefficient (Wildman–Crippen LogP) is 2.77. The van der Waals surface area contributed by atoms with Gasteiger partial charge in [-0.1, -0.05) is 0 Å². The topological polar surface area (TPSA) is 43.1 Å². The van der Waals surface area contributed by atoms with Crippen LogP contribution in [-0.4, -0.2) is 11.3 Å². The second kappa shape index (κ2) is 3.69. The van der Waals surface area contributed by atoms with Crippen LogP contribution in [0.25, 0.3) is 11.3 Å². The van der Waals surface area contributed by atoms with Gasteiger partial charge >= 0.3 is 0 Å². The quantitative estimate of drug-likeness (QED) is 0.701. The summed E-state index contributed by atoms with van der Waals surface area (Å²) in [5.74, 6) is 1.04. The van der Waals surface area contributed by atoms with E-state index in [4.69, 9.17) is 4.42 Å². The zero-order valence-corrected chi connectivity index (χ0v) is 8.65. The number of pyridine rings is 1. The van der Waals surface area contributed by atoms with E-state index in [1.165, 1.54) is 0 Å². The van der Waals surface area contributed by atoms with Crippen LogP contribution >= 0.6 is 0 Å². The van der Waals surface area contributed by atoms with Crippen LogP contribution in [0.3, 0.4) is 0 Å². The Morgan fingerprint density at radius 2 is 2.07 bits per heavy atom. The highest BCUT2D eigenvalue weighted by Crippen LogP contribution is 2.26. The van der Waals surface area contributed by atoms with Gasteiger partial charge < -0.3 is 4.42 Å². The molecule has 2 aromatic rings. The van der Waals surface area contributed by atoms with Crippen LogP contribution in [0.4, 0.5) is 0 Å². The molecule has 0 aromatic carbocycles. The van der Waals surface area contributed by atoms with Crippen molar-refractivity contribution in [3.8, 4) is 11.3 Å². The molecule has 0 saturated heterocycles. The zero-order chi connectivity index (χ0) is 10.8. The highest BCUT2D eigenvalue weighted by atomic mass is 16.3. The predicted molar refractivity (Wildman–Crippen MR) is 56.8 cm³/mol. The normalized spacial score (nSPS) is 10.3. The lowest BCUT2D eigenvalue weighted by molar-refractivity contribution is 0.110. The van der Waals surface area contributed by atoms with E-state index in [0.29, 0.717) is 17.8 Å². The summed E-state index contributed by atoms with van der Waals surface area (Å²) in [6.45, 7) is 3.92. The van der Waals surface area contributed by atoms with E-state index in [1.54, 1.807) is 18.3 Å². The van der Waals surface area contributed by atoms with Gasteiger partial charge in [0.05, 0.1) is 0 Å². The first-order valence-electron chi connectivity index (χ1n) is 4.70. The summed E-state index contributed by atoms with van der Waals surface area (Å²) in [6.07, 6.45) is 2.46. The molecule has 2 rings (SSSR count). The SMILES string of the molecule is Cc1ccnc(C)c1-c1ccc(C=O)o1. The number of carbonyl (C=O) groups excluding carboxylic acids is 1. The van der Waals surface area contributed by atoms with E-state index in [1.807, 2.05) is 19.9 Å². The van der Waals surface area contributed by atoms with Crippen molar-refractivity contribution < 1.29 is 9.21 Å². The molecular weight excluding hydrogens is 190 g/mol. The maximum absolute atomic E-state index is 10.5. The standard InChI is InChI=1S/C12H11NO2/c1-8-5-6-13-9(2)12(8)11-4-3-10(7-14)15-11/h3-7H,1-2H3. The molecule has 0 aliphatic heterocycles. The monoisotopic (exact) mass is 201 g/mol. The van der Waals surface area contributed by atoms with Crippen molar-refractivity contribution in [1.82, 2.24) is 4.98 Å². The minimum atomic E-state index is 0.340. The molecule has 76 valence electrons. The molecule has 0 N–H and O–H groups in total. The molecule has 2 aromatic heterocycles. The number of furan rings is 1. The number of nitrogens with zero attached hydrogens (tertiary/aromatic N) is 1. The van der Waals surface area contributed by atoms with Gasteiger partial charge in [0.2, 0.25) is 0 Å². The number of hydrogen-bond acceptors (Lipinski definition) is 3. The Hall–Kier alpha value is -1.90. The van der Waals surface area contributed by atoms with Gasteiger partial charge in [-0.25, -0.2) is 0 Å². The van der Waals surface area contributed by atoms with Crippen molar-refractivity contribution in [2.45, 2.75) is 13.8 Å². The Morgan fingerprint density at radius 1 is 1.27 bits per heavy atom. The van der Waals surface area contributed by atoms with E-state index < -0.39 is 0 Å². The van der Waals surface area contributed by atoms with Gasteiger partial charge in [0, 0.05) is 17.5 Å². The summed E-state index contributed by atoms with van der Waals surface area (Å²) in [6, 6.07) is 5.38. The molecule has 0 aliphatic rings. The average molecular weight is 201 g/mol. The molecule has 0 amide bonds. The second-order valence-electron chi connectivity index (χ2n) is 3.41. The molecule has 0 unspecified atom stereocenters. The summed E-state index contributed by atoms with van der Waals surface area (Å²) >= 11 is 0. The highest BCUT2D eigenvalue weighted by Gasteiger charge is 2.10. The maximum Gasteiger partial charge on any atom is 0.185 e. The highest BCUT2D eigenvalue weighted by molar-refractivity contribution is 5.73. The van der Waals surface area contributed by atoms with E-state index >= 15 is 0 Å². The molecule has 3 nitrogen and oxygen atoms in total. The molecule has 15 heavy (non-hydrogen) atoms. The third-order valence-electron chi connectivity index (χ3n) is 2.34. The minimum absolute atomic E-state index is 0.340. The molecule has 0 bridgehead atoms. The molecule has 0 spiro atoms. The van der Waals surface area contributed by atoms with E-state index in [0.717, 1.165) is 16.8 Å². The van der Waals surface area contributed by atoms with Crippen LogP contribution in [0.5, 0.6) is 0 Å². The van der Waals surface area contributed by atoms with Gasteiger partial charge in [-0.2, -0.15) is 0 Å². The summed E-state index contributed by atoms with van der Waals surface area (Å²) in [4.78, 5) is 14.7. The molecular formula is C12H11NO2. The Bertz CT molecular complexity index is 480. The Balaban J connectivity index is 2.58. The minimum Gasteiger partial charge on any atom is -0.453 e. The number of rotatable bonds is 2. The van der Waals surface area contributed by atoms with Crippen LogP contribution in [0.1, 0.15) is 21.8 Å². The van der Waals surface area contributed by atoms with Crippen molar-refractivity contribution in [2.75, 3.05) is 0 Å².